The quantitative estimate of drug-likeness (QED) is 0.679. The predicted octanol–water partition coefficient (Wildman–Crippen LogP) is 0.827. The highest BCUT2D eigenvalue weighted by molar-refractivity contribution is 5.88. The molecular formula is C13H26ClN3O2. The minimum absolute atomic E-state index is 0. The monoisotopic (exact) mass is 291 g/mol. The number of nitrogens with one attached hydrogen (secondary N) is 3. The van der Waals surface area contributed by atoms with Gasteiger partial charge in [-0.25, -0.2) is 0 Å². The first-order valence-electron chi connectivity index (χ1n) is 6.60. The molecule has 1 aliphatic rings. The van der Waals surface area contributed by atoms with E-state index in [1.54, 1.807) is 6.92 Å². The van der Waals surface area contributed by atoms with Crippen LogP contribution in [0.1, 0.15) is 40.5 Å². The number of hydrogen-bond donors (Lipinski definition) is 3. The molecule has 3 N–H and O–H groups in total. The van der Waals surface area contributed by atoms with Crippen LogP contribution in [0.3, 0.4) is 0 Å². The summed E-state index contributed by atoms with van der Waals surface area (Å²) in [7, 11) is 0. The molecule has 0 aliphatic heterocycles. The Kier molecular flexibility index (Phi) is 7.37. The van der Waals surface area contributed by atoms with Gasteiger partial charge >= 0.3 is 0 Å². The summed E-state index contributed by atoms with van der Waals surface area (Å²) < 4.78 is 0. The predicted molar refractivity (Wildman–Crippen MR) is 78.3 cm³/mol. The smallest absolute Gasteiger partial charge is 0.242 e. The van der Waals surface area contributed by atoms with Gasteiger partial charge in [0.15, 0.2) is 0 Å². The summed E-state index contributed by atoms with van der Waals surface area (Å²) in [5, 5.41) is 8.61. The van der Waals surface area contributed by atoms with Crippen LogP contribution >= 0.6 is 12.4 Å². The molecule has 112 valence electrons. The Bertz CT molecular complexity index is 312. The van der Waals surface area contributed by atoms with Crippen molar-refractivity contribution >= 4 is 24.2 Å². The minimum atomic E-state index is -0.501. The first kappa shape index (κ1) is 18.2. The highest BCUT2D eigenvalue weighted by Crippen LogP contribution is 2.27. The van der Waals surface area contributed by atoms with Crippen LogP contribution in [0.25, 0.3) is 0 Å². The lowest BCUT2D eigenvalue weighted by Crippen LogP contribution is -2.52. The fourth-order valence-electron chi connectivity index (χ4n) is 1.55. The molecule has 1 unspecified atom stereocenters. The molecule has 0 radical (unpaired) electrons. The lowest BCUT2D eigenvalue weighted by Gasteiger charge is -2.23. The minimum Gasteiger partial charge on any atom is -0.350 e. The van der Waals surface area contributed by atoms with E-state index in [0.29, 0.717) is 0 Å². The van der Waals surface area contributed by atoms with E-state index in [9.17, 15) is 9.59 Å². The van der Waals surface area contributed by atoms with Gasteiger partial charge in [-0.15, -0.1) is 12.4 Å². The molecule has 5 nitrogen and oxygen atoms in total. The van der Waals surface area contributed by atoms with Crippen molar-refractivity contribution in [1.29, 1.82) is 0 Å². The van der Waals surface area contributed by atoms with E-state index >= 15 is 0 Å². The van der Waals surface area contributed by atoms with Crippen LogP contribution in [0.15, 0.2) is 0 Å². The Balaban J connectivity index is 0.00000324. The average molecular weight is 292 g/mol. The average Bonchev–Trinajstić information content (AvgIpc) is 2.98. The standard InChI is InChI=1S/C13H25N3O2.ClH/c1-9(12(18)16-13(2,3)4)15-11(17)8-14-7-10-5-6-10;/h9-10,14H,5-8H2,1-4H3,(H,15,17)(H,16,18);1H. The third kappa shape index (κ3) is 8.83. The lowest BCUT2D eigenvalue weighted by molar-refractivity contribution is -0.129. The van der Waals surface area contributed by atoms with Gasteiger partial charge in [-0.2, -0.15) is 0 Å². The van der Waals surface area contributed by atoms with Crippen LogP contribution in [0, 0.1) is 5.92 Å². The molecule has 0 heterocycles. The first-order valence-corrected chi connectivity index (χ1v) is 6.60. The second kappa shape index (κ2) is 7.70. The Labute approximate surface area is 121 Å². The third-order valence-electron chi connectivity index (χ3n) is 2.68. The SMILES string of the molecule is CC(NC(=O)CNCC1CC1)C(=O)NC(C)(C)C.Cl. The van der Waals surface area contributed by atoms with Crippen LogP contribution in [0.2, 0.25) is 0 Å². The van der Waals surface area contributed by atoms with Crippen molar-refractivity contribution in [3.8, 4) is 0 Å². The highest BCUT2D eigenvalue weighted by atomic mass is 35.5. The number of amides is 2. The Morgan fingerprint density at radius 1 is 1.26 bits per heavy atom. The summed E-state index contributed by atoms with van der Waals surface area (Å²) in [6, 6.07) is -0.501. The molecule has 1 rings (SSSR count). The van der Waals surface area contributed by atoms with Gasteiger partial charge in [0.25, 0.3) is 0 Å². The van der Waals surface area contributed by atoms with E-state index in [0.717, 1.165) is 12.5 Å². The normalized spacial score (nSPS) is 16.2. The van der Waals surface area contributed by atoms with E-state index < -0.39 is 6.04 Å². The summed E-state index contributed by atoms with van der Waals surface area (Å²) in [6.07, 6.45) is 2.53. The van der Waals surface area contributed by atoms with Crippen molar-refractivity contribution < 1.29 is 9.59 Å². The van der Waals surface area contributed by atoms with Gasteiger partial charge in [-0.3, -0.25) is 9.59 Å². The van der Waals surface area contributed by atoms with Crippen LogP contribution in [-0.4, -0.2) is 36.5 Å². The molecule has 1 aliphatic carbocycles. The summed E-state index contributed by atoms with van der Waals surface area (Å²) in [5.41, 5.74) is -0.277. The van der Waals surface area contributed by atoms with Crippen LogP contribution < -0.4 is 16.0 Å². The van der Waals surface area contributed by atoms with Gasteiger partial charge in [0.05, 0.1) is 6.54 Å². The summed E-state index contributed by atoms with van der Waals surface area (Å²) in [6.45, 7) is 8.61. The van der Waals surface area contributed by atoms with Gasteiger partial charge in [0.2, 0.25) is 11.8 Å². The van der Waals surface area contributed by atoms with Crippen LogP contribution in [0.4, 0.5) is 0 Å². The molecular weight excluding hydrogens is 266 g/mol. The Morgan fingerprint density at radius 2 is 1.84 bits per heavy atom. The molecule has 19 heavy (non-hydrogen) atoms. The van der Waals surface area contributed by atoms with Gasteiger partial charge < -0.3 is 16.0 Å². The molecule has 0 spiro atoms. The first-order chi connectivity index (χ1) is 8.28. The van der Waals surface area contributed by atoms with Gasteiger partial charge in [-0.05, 0) is 53.0 Å². The molecule has 6 heteroatoms. The fourth-order valence-corrected chi connectivity index (χ4v) is 1.55. The molecule has 1 fully saturated rings. The molecule has 1 saturated carbocycles. The summed E-state index contributed by atoms with van der Waals surface area (Å²) >= 11 is 0. The maximum Gasteiger partial charge on any atom is 0.242 e. The number of hydrogen-bond acceptors (Lipinski definition) is 3. The number of carbonyl (C=O) groups is 2. The molecule has 0 aromatic carbocycles. The molecule has 0 aromatic heterocycles. The number of rotatable bonds is 6. The topological polar surface area (TPSA) is 70.2 Å². The van der Waals surface area contributed by atoms with Crippen molar-refractivity contribution in [2.24, 2.45) is 5.92 Å². The summed E-state index contributed by atoms with van der Waals surface area (Å²) in [4.78, 5) is 23.3. The number of halogens is 1. The maximum absolute atomic E-state index is 11.7. The van der Waals surface area contributed by atoms with Crippen molar-refractivity contribution in [2.75, 3.05) is 13.1 Å². The molecule has 0 bridgehead atoms. The maximum atomic E-state index is 11.7. The Morgan fingerprint density at radius 3 is 2.32 bits per heavy atom. The van der Waals surface area contributed by atoms with Crippen molar-refractivity contribution in [1.82, 2.24) is 16.0 Å². The van der Waals surface area contributed by atoms with E-state index in [1.165, 1.54) is 12.8 Å². The molecule has 1 atom stereocenters. The molecule has 2 amide bonds. The Hall–Kier alpha value is -0.810. The van der Waals surface area contributed by atoms with Crippen LogP contribution in [0.5, 0.6) is 0 Å². The van der Waals surface area contributed by atoms with Gasteiger partial charge in [0, 0.05) is 5.54 Å². The lowest BCUT2D eigenvalue weighted by atomic mass is 10.1. The van der Waals surface area contributed by atoms with Crippen molar-refractivity contribution in [3.05, 3.63) is 0 Å². The van der Waals surface area contributed by atoms with E-state index in [4.69, 9.17) is 0 Å². The zero-order valence-corrected chi connectivity index (χ0v) is 13.0. The van der Waals surface area contributed by atoms with Gasteiger partial charge in [-0.1, -0.05) is 0 Å². The number of carbonyl (C=O) groups excluding carboxylic acids is 2. The van der Waals surface area contributed by atoms with E-state index in [2.05, 4.69) is 16.0 Å². The highest BCUT2D eigenvalue weighted by Gasteiger charge is 2.22. The third-order valence-corrected chi connectivity index (χ3v) is 2.68. The zero-order chi connectivity index (χ0) is 13.8. The zero-order valence-electron chi connectivity index (χ0n) is 12.2. The van der Waals surface area contributed by atoms with Gasteiger partial charge in [0.1, 0.15) is 6.04 Å². The van der Waals surface area contributed by atoms with E-state index in [-0.39, 0.29) is 36.3 Å². The van der Waals surface area contributed by atoms with Crippen molar-refractivity contribution in [2.45, 2.75) is 52.1 Å². The van der Waals surface area contributed by atoms with Crippen LogP contribution in [-0.2, 0) is 9.59 Å². The van der Waals surface area contributed by atoms with Crippen molar-refractivity contribution in [3.63, 3.8) is 0 Å². The second-order valence-electron chi connectivity index (χ2n) is 6.10. The van der Waals surface area contributed by atoms with E-state index in [1.807, 2.05) is 20.8 Å². The molecule has 0 saturated heterocycles. The fraction of sp³-hybridized carbons (Fsp3) is 0.846. The molecule has 0 aromatic rings. The second-order valence-corrected chi connectivity index (χ2v) is 6.10. The largest absolute Gasteiger partial charge is 0.350 e. The summed E-state index contributed by atoms with van der Waals surface area (Å²) in [5.74, 6) is 0.463.